The van der Waals surface area contributed by atoms with Gasteiger partial charge in [-0.25, -0.2) is 5.10 Å². The Balaban J connectivity index is 2.13. The summed E-state index contributed by atoms with van der Waals surface area (Å²) in [7, 11) is 1.88. The molecule has 5 nitrogen and oxygen atoms in total. The van der Waals surface area contributed by atoms with Crippen LogP contribution in [0.15, 0.2) is 24.3 Å². The summed E-state index contributed by atoms with van der Waals surface area (Å²) in [5.74, 6) is 0.860. The lowest BCUT2D eigenvalue weighted by molar-refractivity contribution is 0.871. The zero-order valence-electron chi connectivity index (χ0n) is 8.81. The van der Waals surface area contributed by atoms with Crippen LogP contribution in [0.1, 0.15) is 5.56 Å². The first kappa shape index (κ1) is 10.8. The zero-order valence-corrected chi connectivity index (χ0v) is 9.57. The van der Waals surface area contributed by atoms with E-state index in [1.165, 1.54) is 0 Å². The topological polar surface area (TPSA) is 70.8 Å². The van der Waals surface area contributed by atoms with Gasteiger partial charge in [0, 0.05) is 18.6 Å². The van der Waals surface area contributed by atoms with Crippen molar-refractivity contribution >= 4 is 23.5 Å². The van der Waals surface area contributed by atoms with E-state index in [-0.39, 0.29) is 0 Å². The normalized spacial score (nSPS) is 10.4. The molecule has 3 N–H and O–H groups in total. The molecule has 0 spiro atoms. The average molecular weight is 238 g/mol. The van der Waals surface area contributed by atoms with Gasteiger partial charge in [-0.2, -0.15) is 4.98 Å². The molecule has 0 saturated heterocycles. The third-order valence-corrected chi connectivity index (χ3v) is 2.57. The SMILES string of the molecule is CN(Cc1ccccc1Cl)c1n[nH]c(N)n1. The van der Waals surface area contributed by atoms with Crippen LogP contribution in [-0.2, 0) is 6.54 Å². The number of hydrogen-bond acceptors (Lipinski definition) is 4. The fourth-order valence-electron chi connectivity index (χ4n) is 1.39. The second kappa shape index (κ2) is 4.40. The first-order valence-corrected chi connectivity index (χ1v) is 5.17. The number of nitrogens with one attached hydrogen (secondary N) is 1. The van der Waals surface area contributed by atoms with Crippen LogP contribution in [0, 0.1) is 0 Å². The number of nitrogens with zero attached hydrogens (tertiary/aromatic N) is 3. The Kier molecular flexibility index (Phi) is 2.96. The van der Waals surface area contributed by atoms with Gasteiger partial charge in [-0.05, 0) is 11.6 Å². The molecular weight excluding hydrogens is 226 g/mol. The van der Waals surface area contributed by atoms with E-state index in [4.69, 9.17) is 17.3 Å². The van der Waals surface area contributed by atoms with Crippen molar-refractivity contribution in [2.75, 3.05) is 17.7 Å². The van der Waals surface area contributed by atoms with Crippen LogP contribution in [0.25, 0.3) is 0 Å². The van der Waals surface area contributed by atoms with E-state index in [0.717, 1.165) is 10.6 Å². The summed E-state index contributed by atoms with van der Waals surface area (Å²) >= 11 is 6.06. The minimum absolute atomic E-state index is 0.306. The van der Waals surface area contributed by atoms with Gasteiger partial charge in [0.2, 0.25) is 11.9 Å². The van der Waals surface area contributed by atoms with Crippen molar-refractivity contribution in [2.24, 2.45) is 0 Å². The summed E-state index contributed by atoms with van der Waals surface area (Å²) in [5, 5.41) is 7.29. The number of aromatic nitrogens is 3. The molecule has 2 aromatic rings. The summed E-state index contributed by atoms with van der Waals surface area (Å²) in [6.07, 6.45) is 0. The summed E-state index contributed by atoms with van der Waals surface area (Å²) in [6.45, 7) is 0.636. The van der Waals surface area contributed by atoms with Crippen molar-refractivity contribution in [1.29, 1.82) is 0 Å². The predicted octanol–water partition coefficient (Wildman–Crippen LogP) is 1.68. The molecule has 0 radical (unpaired) electrons. The van der Waals surface area contributed by atoms with Gasteiger partial charge in [-0.1, -0.05) is 29.8 Å². The number of halogens is 1. The third kappa shape index (κ3) is 2.25. The lowest BCUT2D eigenvalue weighted by atomic mass is 10.2. The molecule has 0 fully saturated rings. The number of rotatable bonds is 3. The maximum atomic E-state index is 6.06. The molecule has 16 heavy (non-hydrogen) atoms. The molecule has 0 unspecified atom stereocenters. The first-order chi connectivity index (χ1) is 7.66. The smallest absolute Gasteiger partial charge is 0.246 e. The van der Waals surface area contributed by atoms with Gasteiger partial charge in [0.25, 0.3) is 0 Å². The Morgan fingerprint density at radius 3 is 2.81 bits per heavy atom. The van der Waals surface area contributed by atoms with Crippen LogP contribution in [0.4, 0.5) is 11.9 Å². The van der Waals surface area contributed by atoms with Crippen molar-refractivity contribution in [3.8, 4) is 0 Å². The molecular formula is C10H12ClN5. The van der Waals surface area contributed by atoms with E-state index in [0.29, 0.717) is 18.4 Å². The quantitative estimate of drug-likeness (QED) is 0.852. The first-order valence-electron chi connectivity index (χ1n) is 4.79. The summed E-state index contributed by atoms with van der Waals surface area (Å²) in [5.41, 5.74) is 6.48. The van der Waals surface area contributed by atoms with Gasteiger partial charge in [-0.15, -0.1) is 5.10 Å². The van der Waals surface area contributed by atoms with E-state index in [2.05, 4.69) is 15.2 Å². The highest BCUT2D eigenvalue weighted by molar-refractivity contribution is 6.31. The Morgan fingerprint density at radius 1 is 1.44 bits per heavy atom. The van der Waals surface area contributed by atoms with Gasteiger partial charge in [-0.3, -0.25) is 0 Å². The van der Waals surface area contributed by atoms with Gasteiger partial charge in [0.1, 0.15) is 0 Å². The van der Waals surface area contributed by atoms with Crippen LogP contribution in [0.3, 0.4) is 0 Å². The zero-order chi connectivity index (χ0) is 11.5. The van der Waals surface area contributed by atoms with E-state index in [1.54, 1.807) is 0 Å². The maximum absolute atomic E-state index is 6.06. The van der Waals surface area contributed by atoms with E-state index >= 15 is 0 Å². The van der Waals surface area contributed by atoms with Crippen molar-refractivity contribution < 1.29 is 0 Å². The van der Waals surface area contributed by atoms with Crippen LogP contribution in [-0.4, -0.2) is 22.2 Å². The second-order valence-corrected chi connectivity index (χ2v) is 3.88. The molecule has 1 aromatic carbocycles. The van der Waals surface area contributed by atoms with E-state index in [9.17, 15) is 0 Å². The van der Waals surface area contributed by atoms with Crippen LogP contribution >= 0.6 is 11.6 Å². The molecule has 0 aliphatic heterocycles. The van der Waals surface area contributed by atoms with E-state index in [1.807, 2.05) is 36.2 Å². The minimum atomic E-state index is 0.306. The Morgan fingerprint density at radius 2 is 2.19 bits per heavy atom. The fourth-order valence-corrected chi connectivity index (χ4v) is 1.58. The molecule has 1 aromatic heterocycles. The largest absolute Gasteiger partial charge is 0.368 e. The standard InChI is InChI=1S/C10H12ClN5/c1-16(10-13-9(12)14-15-10)6-7-4-2-3-5-8(7)11/h2-5H,6H2,1H3,(H3,12,13,14,15). The van der Waals surface area contributed by atoms with Crippen molar-refractivity contribution in [3.63, 3.8) is 0 Å². The molecule has 0 aliphatic carbocycles. The molecule has 0 bridgehead atoms. The molecule has 1 heterocycles. The third-order valence-electron chi connectivity index (χ3n) is 2.20. The predicted molar refractivity (Wildman–Crippen MR) is 64.4 cm³/mol. The highest BCUT2D eigenvalue weighted by Crippen LogP contribution is 2.18. The summed E-state index contributed by atoms with van der Waals surface area (Å²) < 4.78 is 0. The number of nitrogens with two attached hydrogens (primary N) is 1. The Bertz CT molecular complexity index is 482. The number of anilines is 2. The number of benzene rings is 1. The molecule has 0 amide bonds. The molecule has 6 heteroatoms. The molecule has 84 valence electrons. The monoisotopic (exact) mass is 237 g/mol. The number of aromatic amines is 1. The highest BCUT2D eigenvalue weighted by Gasteiger charge is 2.08. The molecule has 2 rings (SSSR count). The minimum Gasteiger partial charge on any atom is -0.368 e. The van der Waals surface area contributed by atoms with Gasteiger partial charge < -0.3 is 10.6 Å². The van der Waals surface area contributed by atoms with Crippen molar-refractivity contribution in [1.82, 2.24) is 15.2 Å². The van der Waals surface area contributed by atoms with Gasteiger partial charge in [0.15, 0.2) is 0 Å². The van der Waals surface area contributed by atoms with Gasteiger partial charge in [0.05, 0.1) is 0 Å². The fraction of sp³-hybridized carbons (Fsp3) is 0.200. The van der Waals surface area contributed by atoms with Crippen molar-refractivity contribution in [2.45, 2.75) is 6.54 Å². The second-order valence-electron chi connectivity index (χ2n) is 3.47. The van der Waals surface area contributed by atoms with Crippen molar-refractivity contribution in [3.05, 3.63) is 34.9 Å². The number of H-pyrrole nitrogens is 1. The molecule has 0 aliphatic rings. The lowest BCUT2D eigenvalue weighted by Gasteiger charge is -2.15. The maximum Gasteiger partial charge on any atom is 0.246 e. The Hall–Kier alpha value is -1.75. The Labute approximate surface area is 98.2 Å². The van der Waals surface area contributed by atoms with Crippen LogP contribution in [0.2, 0.25) is 5.02 Å². The lowest BCUT2D eigenvalue weighted by Crippen LogP contribution is -2.18. The van der Waals surface area contributed by atoms with Crippen LogP contribution in [0.5, 0.6) is 0 Å². The van der Waals surface area contributed by atoms with Gasteiger partial charge >= 0.3 is 0 Å². The summed E-state index contributed by atoms with van der Waals surface area (Å²) in [6, 6.07) is 7.67. The summed E-state index contributed by atoms with van der Waals surface area (Å²) in [4.78, 5) is 5.90. The molecule has 0 saturated carbocycles. The number of nitrogen functional groups attached to an aromatic ring is 1. The van der Waals surface area contributed by atoms with Crippen LogP contribution < -0.4 is 10.6 Å². The number of hydrogen-bond donors (Lipinski definition) is 2. The highest BCUT2D eigenvalue weighted by atomic mass is 35.5. The van der Waals surface area contributed by atoms with E-state index < -0.39 is 0 Å². The molecule has 0 atom stereocenters. The average Bonchev–Trinajstić information content (AvgIpc) is 2.68.